The van der Waals surface area contributed by atoms with Gasteiger partial charge in [-0.15, -0.1) is 5.10 Å². The molecular formula is C11H16N4. The van der Waals surface area contributed by atoms with E-state index in [-0.39, 0.29) is 0 Å². The lowest BCUT2D eigenvalue weighted by atomic mass is 10.1. The lowest BCUT2D eigenvalue weighted by Gasteiger charge is -2.27. The lowest BCUT2D eigenvalue weighted by Crippen LogP contribution is -2.32. The minimum absolute atomic E-state index is 0.472. The fourth-order valence-electron chi connectivity index (χ4n) is 2.82. The van der Waals surface area contributed by atoms with Crippen molar-refractivity contribution in [3.8, 4) is 0 Å². The van der Waals surface area contributed by atoms with E-state index < -0.39 is 0 Å². The molecule has 1 saturated carbocycles. The highest BCUT2D eigenvalue weighted by molar-refractivity contribution is 5.41. The maximum absolute atomic E-state index is 5.50. The summed E-state index contributed by atoms with van der Waals surface area (Å²) in [5.41, 5.74) is 6.36. The first-order valence-corrected chi connectivity index (χ1v) is 5.66. The van der Waals surface area contributed by atoms with Gasteiger partial charge in [-0.1, -0.05) is 0 Å². The predicted molar refractivity (Wildman–Crippen MR) is 58.4 cm³/mol. The van der Waals surface area contributed by atoms with Gasteiger partial charge in [0.25, 0.3) is 0 Å². The number of piperidine rings is 1. The van der Waals surface area contributed by atoms with Crippen molar-refractivity contribution in [1.82, 2.24) is 10.2 Å². The van der Waals surface area contributed by atoms with Crippen molar-refractivity contribution in [2.24, 2.45) is 11.7 Å². The van der Waals surface area contributed by atoms with E-state index in [1.807, 2.05) is 6.07 Å². The predicted octanol–water partition coefficient (Wildman–Crippen LogP) is 0.924. The van der Waals surface area contributed by atoms with Crippen LogP contribution in [-0.4, -0.2) is 22.8 Å². The van der Waals surface area contributed by atoms with Gasteiger partial charge in [-0.2, -0.15) is 5.10 Å². The smallest absolute Gasteiger partial charge is 0.151 e. The third kappa shape index (κ3) is 1.49. The van der Waals surface area contributed by atoms with Crippen molar-refractivity contribution in [1.29, 1.82) is 0 Å². The third-order valence-electron chi connectivity index (χ3n) is 3.62. The van der Waals surface area contributed by atoms with Crippen LogP contribution in [0.2, 0.25) is 0 Å². The molecule has 1 saturated heterocycles. The Hall–Kier alpha value is -1.16. The topological polar surface area (TPSA) is 55.0 Å². The number of rotatable bonds is 2. The summed E-state index contributed by atoms with van der Waals surface area (Å²) >= 11 is 0. The average Bonchev–Trinajstić information content (AvgIpc) is 2.91. The van der Waals surface area contributed by atoms with Gasteiger partial charge in [0, 0.05) is 19.1 Å². The summed E-state index contributed by atoms with van der Waals surface area (Å²) in [6.07, 6.45) is 4.07. The summed E-state index contributed by atoms with van der Waals surface area (Å²) < 4.78 is 0. The van der Waals surface area contributed by atoms with E-state index in [0.717, 1.165) is 17.4 Å². The zero-order chi connectivity index (χ0) is 10.3. The molecule has 1 aromatic heterocycles. The van der Waals surface area contributed by atoms with Gasteiger partial charge in [0.2, 0.25) is 0 Å². The summed E-state index contributed by atoms with van der Waals surface area (Å²) in [6.45, 7) is 1.64. The van der Waals surface area contributed by atoms with Crippen molar-refractivity contribution in [3.63, 3.8) is 0 Å². The number of nitrogens with zero attached hydrogens (tertiary/aromatic N) is 3. The van der Waals surface area contributed by atoms with E-state index >= 15 is 0 Å². The normalized spacial score (nSPS) is 28.7. The highest BCUT2D eigenvalue weighted by atomic mass is 15.3. The molecule has 1 aliphatic heterocycles. The van der Waals surface area contributed by atoms with Crippen molar-refractivity contribution >= 4 is 5.82 Å². The first kappa shape index (κ1) is 9.09. The van der Waals surface area contributed by atoms with Gasteiger partial charge in [0.1, 0.15) is 0 Å². The summed E-state index contributed by atoms with van der Waals surface area (Å²) in [5, 5.41) is 8.35. The number of nitrogens with two attached hydrogens (primary N) is 1. The number of aromatic nitrogens is 2. The van der Waals surface area contributed by atoms with Crippen LogP contribution in [0.5, 0.6) is 0 Å². The van der Waals surface area contributed by atoms with Gasteiger partial charge in [-0.05, 0) is 37.3 Å². The SMILES string of the molecule is NCc1ccc(N2CC3CCC2C3)nn1. The van der Waals surface area contributed by atoms with Crippen molar-refractivity contribution in [2.75, 3.05) is 11.4 Å². The molecule has 4 heteroatoms. The van der Waals surface area contributed by atoms with Crippen molar-refractivity contribution < 1.29 is 0 Å². The first-order chi connectivity index (χ1) is 7.36. The quantitative estimate of drug-likeness (QED) is 0.778. The highest BCUT2D eigenvalue weighted by Crippen LogP contribution is 2.39. The number of hydrogen-bond donors (Lipinski definition) is 1. The van der Waals surface area contributed by atoms with Crippen molar-refractivity contribution in [3.05, 3.63) is 17.8 Å². The van der Waals surface area contributed by atoms with Crippen LogP contribution in [0.4, 0.5) is 5.82 Å². The molecule has 3 rings (SSSR count). The van der Waals surface area contributed by atoms with Crippen LogP contribution in [0.15, 0.2) is 12.1 Å². The molecule has 2 fully saturated rings. The van der Waals surface area contributed by atoms with E-state index in [2.05, 4.69) is 21.2 Å². The van der Waals surface area contributed by atoms with Gasteiger partial charge in [0.15, 0.2) is 5.82 Å². The van der Waals surface area contributed by atoms with Crippen LogP contribution in [-0.2, 0) is 6.54 Å². The zero-order valence-electron chi connectivity index (χ0n) is 8.76. The Kier molecular flexibility index (Phi) is 2.09. The van der Waals surface area contributed by atoms with Crippen LogP contribution in [0.1, 0.15) is 25.0 Å². The fraction of sp³-hybridized carbons (Fsp3) is 0.636. The molecule has 0 amide bonds. The Morgan fingerprint density at radius 2 is 2.27 bits per heavy atom. The maximum Gasteiger partial charge on any atom is 0.151 e. The molecule has 0 radical (unpaired) electrons. The highest BCUT2D eigenvalue weighted by Gasteiger charge is 2.38. The molecule has 2 N–H and O–H groups in total. The molecule has 2 aliphatic rings. The molecular weight excluding hydrogens is 188 g/mol. The zero-order valence-corrected chi connectivity index (χ0v) is 8.76. The molecule has 2 bridgehead atoms. The standard InChI is InChI=1S/C11H16N4/c12-6-9-2-4-11(14-13-9)15-7-8-1-3-10(15)5-8/h2,4,8,10H,1,3,5-7,12H2. The third-order valence-corrected chi connectivity index (χ3v) is 3.62. The van der Waals surface area contributed by atoms with Gasteiger partial charge < -0.3 is 10.6 Å². The Balaban J connectivity index is 1.81. The second-order valence-corrected chi connectivity index (χ2v) is 4.57. The van der Waals surface area contributed by atoms with E-state index in [4.69, 9.17) is 5.73 Å². The molecule has 1 aliphatic carbocycles. The Morgan fingerprint density at radius 1 is 1.33 bits per heavy atom. The fourth-order valence-corrected chi connectivity index (χ4v) is 2.82. The largest absolute Gasteiger partial charge is 0.352 e. The average molecular weight is 204 g/mol. The molecule has 0 spiro atoms. The Labute approximate surface area is 89.5 Å². The van der Waals surface area contributed by atoms with E-state index in [1.165, 1.54) is 25.8 Å². The lowest BCUT2D eigenvalue weighted by molar-refractivity contribution is 0.548. The minimum Gasteiger partial charge on any atom is -0.352 e. The summed E-state index contributed by atoms with van der Waals surface area (Å²) in [6, 6.07) is 4.75. The van der Waals surface area contributed by atoms with Crippen LogP contribution in [0.25, 0.3) is 0 Å². The molecule has 2 atom stereocenters. The first-order valence-electron chi connectivity index (χ1n) is 5.66. The summed E-state index contributed by atoms with van der Waals surface area (Å²) in [7, 11) is 0. The maximum atomic E-state index is 5.50. The van der Waals surface area contributed by atoms with E-state index in [1.54, 1.807) is 0 Å². The minimum atomic E-state index is 0.472. The second kappa shape index (κ2) is 3.45. The number of hydrogen-bond acceptors (Lipinski definition) is 4. The van der Waals surface area contributed by atoms with E-state index in [9.17, 15) is 0 Å². The monoisotopic (exact) mass is 204 g/mol. The van der Waals surface area contributed by atoms with Gasteiger partial charge in [0.05, 0.1) is 5.69 Å². The number of anilines is 1. The molecule has 4 nitrogen and oxygen atoms in total. The Bertz CT molecular complexity index is 348. The molecule has 15 heavy (non-hydrogen) atoms. The van der Waals surface area contributed by atoms with Crippen LogP contribution >= 0.6 is 0 Å². The molecule has 0 aromatic carbocycles. The molecule has 1 aromatic rings. The second-order valence-electron chi connectivity index (χ2n) is 4.57. The van der Waals surface area contributed by atoms with Crippen LogP contribution in [0, 0.1) is 5.92 Å². The van der Waals surface area contributed by atoms with Crippen molar-refractivity contribution in [2.45, 2.75) is 31.8 Å². The summed E-state index contributed by atoms with van der Waals surface area (Å²) in [5.74, 6) is 1.92. The van der Waals surface area contributed by atoms with Crippen LogP contribution < -0.4 is 10.6 Å². The van der Waals surface area contributed by atoms with Crippen LogP contribution in [0.3, 0.4) is 0 Å². The number of fused-ring (bicyclic) bond motifs is 2. The molecule has 80 valence electrons. The van der Waals surface area contributed by atoms with Gasteiger partial charge >= 0.3 is 0 Å². The van der Waals surface area contributed by atoms with Gasteiger partial charge in [-0.3, -0.25) is 0 Å². The van der Waals surface area contributed by atoms with Gasteiger partial charge in [-0.25, -0.2) is 0 Å². The summed E-state index contributed by atoms with van der Waals surface area (Å²) in [4.78, 5) is 2.40. The molecule has 2 heterocycles. The van der Waals surface area contributed by atoms with E-state index in [0.29, 0.717) is 12.6 Å². The Morgan fingerprint density at radius 3 is 2.80 bits per heavy atom. The molecule has 2 unspecified atom stereocenters.